The lowest BCUT2D eigenvalue weighted by Crippen LogP contribution is -2.36. The first-order valence-electron chi connectivity index (χ1n) is 7.61. The topological polar surface area (TPSA) is 24.1 Å². The summed E-state index contributed by atoms with van der Waals surface area (Å²) in [4.78, 5) is 0. The van der Waals surface area contributed by atoms with Gasteiger partial charge in [-0.3, -0.25) is 0 Å². The van der Waals surface area contributed by atoms with E-state index in [0.717, 1.165) is 24.5 Å². The van der Waals surface area contributed by atoms with E-state index >= 15 is 0 Å². The van der Waals surface area contributed by atoms with E-state index in [2.05, 4.69) is 47.0 Å². The highest BCUT2D eigenvalue weighted by Gasteiger charge is 2.16. The zero-order chi connectivity index (χ0) is 14.5. The summed E-state index contributed by atoms with van der Waals surface area (Å²) < 4.78 is 0. The Morgan fingerprint density at radius 3 is 2.76 bits per heavy atom. The predicted octanol–water partition coefficient (Wildman–Crippen LogP) is 3.90. The molecule has 0 aromatic heterocycles. The van der Waals surface area contributed by atoms with Crippen LogP contribution >= 0.6 is 11.6 Å². The molecule has 21 heavy (non-hydrogen) atoms. The molecule has 0 radical (unpaired) electrons. The lowest BCUT2D eigenvalue weighted by molar-refractivity contribution is 0.560. The molecule has 0 unspecified atom stereocenters. The standard InChI is InChI=1S/C18H21ClN2/c19-16-8-5-14(6-9-16)11-12-20-13-17-10-7-15-3-1-2-4-18(15)21-17/h1-6,8-9,17,20-21H,7,10-13H2/t17-/m1/s1. The first kappa shape index (κ1) is 14.4. The van der Waals surface area contributed by atoms with Crippen molar-refractivity contribution in [2.75, 3.05) is 18.4 Å². The number of nitrogens with one attached hydrogen (secondary N) is 2. The molecule has 1 atom stereocenters. The molecule has 0 saturated carbocycles. The van der Waals surface area contributed by atoms with Crippen molar-refractivity contribution in [1.29, 1.82) is 0 Å². The Kier molecular flexibility index (Phi) is 4.79. The summed E-state index contributed by atoms with van der Waals surface area (Å²) in [6, 6.07) is 17.2. The Balaban J connectivity index is 1.41. The van der Waals surface area contributed by atoms with Crippen LogP contribution in [0.25, 0.3) is 0 Å². The van der Waals surface area contributed by atoms with Crippen molar-refractivity contribution in [2.45, 2.75) is 25.3 Å². The van der Waals surface area contributed by atoms with Gasteiger partial charge in [0, 0.05) is 23.3 Å². The number of hydrogen-bond donors (Lipinski definition) is 2. The summed E-state index contributed by atoms with van der Waals surface area (Å²) in [5.41, 5.74) is 4.07. The van der Waals surface area contributed by atoms with Gasteiger partial charge in [0.05, 0.1) is 0 Å². The smallest absolute Gasteiger partial charge is 0.0406 e. The Morgan fingerprint density at radius 1 is 1.10 bits per heavy atom. The first-order valence-corrected chi connectivity index (χ1v) is 7.99. The third kappa shape index (κ3) is 3.99. The fourth-order valence-corrected chi connectivity index (χ4v) is 2.94. The molecule has 2 aromatic rings. The number of halogens is 1. The third-order valence-electron chi connectivity index (χ3n) is 4.03. The zero-order valence-electron chi connectivity index (χ0n) is 12.1. The van der Waals surface area contributed by atoms with Gasteiger partial charge in [-0.1, -0.05) is 41.9 Å². The summed E-state index contributed by atoms with van der Waals surface area (Å²) in [6.07, 6.45) is 3.41. The average molecular weight is 301 g/mol. The third-order valence-corrected chi connectivity index (χ3v) is 4.29. The second-order valence-electron chi connectivity index (χ2n) is 5.62. The molecule has 2 N–H and O–H groups in total. The lowest BCUT2D eigenvalue weighted by Gasteiger charge is -2.27. The van der Waals surface area contributed by atoms with Crippen molar-refractivity contribution < 1.29 is 0 Å². The van der Waals surface area contributed by atoms with Gasteiger partial charge in [0.25, 0.3) is 0 Å². The summed E-state index contributed by atoms with van der Waals surface area (Å²) in [6.45, 7) is 2.02. The normalized spacial score (nSPS) is 17.1. The van der Waals surface area contributed by atoms with Crippen LogP contribution in [-0.2, 0) is 12.8 Å². The molecule has 1 aliphatic rings. The van der Waals surface area contributed by atoms with Gasteiger partial charge in [0.2, 0.25) is 0 Å². The Hall–Kier alpha value is -1.51. The van der Waals surface area contributed by atoms with Gasteiger partial charge in [0.1, 0.15) is 0 Å². The molecule has 2 aromatic carbocycles. The van der Waals surface area contributed by atoms with Crippen LogP contribution in [0, 0.1) is 0 Å². The maximum Gasteiger partial charge on any atom is 0.0406 e. The van der Waals surface area contributed by atoms with Gasteiger partial charge < -0.3 is 10.6 Å². The van der Waals surface area contributed by atoms with Crippen molar-refractivity contribution in [2.24, 2.45) is 0 Å². The highest BCUT2D eigenvalue weighted by Crippen LogP contribution is 2.23. The van der Waals surface area contributed by atoms with Crippen molar-refractivity contribution in [3.8, 4) is 0 Å². The summed E-state index contributed by atoms with van der Waals surface area (Å²) in [5.74, 6) is 0. The molecule has 0 spiro atoms. The number of benzene rings is 2. The minimum absolute atomic E-state index is 0.533. The van der Waals surface area contributed by atoms with E-state index in [9.17, 15) is 0 Å². The van der Waals surface area contributed by atoms with E-state index < -0.39 is 0 Å². The number of anilines is 1. The van der Waals surface area contributed by atoms with Crippen LogP contribution in [-0.4, -0.2) is 19.1 Å². The molecule has 0 amide bonds. The summed E-state index contributed by atoms with van der Waals surface area (Å²) in [5, 5.41) is 7.98. The maximum absolute atomic E-state index is 5.89. The number of rotatable bonds is 5. The van der Waals surface area contributed by atoms with Crippen molar-refractivity contribution in [3.63, 3.8) is 0 Å². The molecular formula is C18H21ClN2. The van der Waals surface area contributed by atoms with Crippen LogP contribution in [0.1, 0.15) is 17.5 Å². The van der Waals surface area contributed by atoms with E-state index in [1.807, 2.05) is 12.1 Å². The number of fused-ring (bicyclic) bond motifs is 1. The van der Waals surface area contributed by atoms with Gasteiger partial charge in [-0.2, -0.15) is 0 Å². The molecule has 0 aliphatic carbocycles. The second kappa shape index (κ2) is 6.97. The lowest BCUT2D eigenvalue weighted by atomic mass is 9.98. The fraction of sp³-hybridized carbons (Fsp3) is 0.333. The molecule has 0 bridgehead atoms. The van der Waals surface area contributed by atoms with E-state index in [-0.39, 0.29) is 0 Å². The van der Waals surface area contributed by atoms with Crippen LogP contribution in [0.4, 0.5) is 5.69 Å². The monoisotopic (exact) mass is 300 g/mol. The SMILES string of the molecule is Clc1ccc(CCNC[C@H]2CCc3ccccc3N2)cc1. The van der Waals surface area contributed by atoms with Crippen molar-refractivity contribution in [1.82, 2.24) is 5.32 Å². The van der Waals surface area contributed by atoms with Crippen molar-refractivity contribution >= 4 is 17.3 Å². The molecule has 0 saturated heterocycles. The van der Waals surface area contributed by atoms with Gasteiger partial charge in [-0.25, -0.2) is 0 Å². The second-order valence-corrected chi connectivity index (χ2v) is 6.05. The van der Waals surface area contributed by atoms with Crippen LogP contribution in [0.5, 0.6) is 0 Å². The molecular weight excluding hydrogens is 280 g/mol. The number of para-hydroxylation sites is 1. The zero-order valence-corrected chi connectivity index (χ0v) is 12.9. The van der Waals surface area contributed by atoms with Crippen LogP contribution in [0.3, 0.4) is 0 Å². The fourth-order valence-electron chi connectivity index (χ4n) is 2.81. The largest absolute Gasteiger partial charge is 0.381 e. The number of aryl methyl sites for hydroxylation is 1. The minimum atomic E-state index is 0.533. The maximum atomic E-state index is 5.89. The quantitative estimate of drug-likeness (QED) is 0.818. The van der Waals surface area contributed by atoms with E-state index in [4.69, 9.17) is 11.6 Å². The van der Waals surface area contributed by atoms with Gasteiger partial charge in [-0.05, 0) is 55.1 Å². The molecule has 3 heteroatoms. The molecule has 110 valence electrons. The molecule has 1 heterocycles. The molecule has 3 rings (SSSR count). The van der Waals surface area contributed by atoms with Gasteiger partial charge >= 0.3 is 0 Å². The predicted molar refractivity (Wildman–Crippen MR) is 90.2 cm³/mol. The van der Waals surface area contributed by atoms with E-state index in [1.54, 1.807) is 0 Å². The molecule has 2 nitrogen and oxygen atoms in total. The first-order chi connectivity index (χ1) is 10.3. The van der Waals surface area contributed by atoms with Gasteiger partial charge in [-0.15, -0.1) is 0 Å². The van der Waals surface area contributed by atoms with E-state index in [0.29, 0.717) is 6.04 Å². The molecule has 0 fully saturated rings. The van der Waals surface area contributed by atoms with Crippen LogP contribution in [0.15, 0.2) is 48.5 Å². The highest BCUT2D eigenvalue weighted by atomic mass is 35.5. The van der Waals surface area contributed by atoms with Crippen molar-refractivity contribution in [3.05, 3.63) is 64.7 Å². The minimum Gasteiger partial charge on any atom is -0.381 e. The summed E-state index contributed by atoms with van der Waals surface area (Å²) in [7, 11) is 0. The average Bonchev–Trinajstić information content (AvgIpc) is 2.53. The Labute approximate surface area is 131 Å². The number of hydrogen-bond acceptors (Lipinski definition) is 2. The van der Waals surface area contributed by atoms with Crippen LogP contribution in [0.2, 0.25) is 5.02 Å². The van der Waals surface area contributed by atoms with Gasteiger partial charge in [0.15, 0.2) is 0 Å². The highest BCUT2D eigenvalue weighted by molar-refractivity contribution is 6.30. The Morgan fingerprint density at radius 2 is 1.90 bits per heavy atom. The summed E-state index contributed by atoms with van der Waals surface area (Å²) >= 11 is 5.89. The Bertz CT molecular complexity index is 580. The molecule has 1 aliphatic heterocycles. The van der Waals surface area contributed by atoms with Crippen LogP contribution < -0.4 is 10.6 Å². The van der Waals surface area contributed by atoms with E-state index in [1.165, 1.54) is 29.7 Å².